The van der Waals surface area contributed by atoms with Crippen LogP contribution in [0.4, 0.5) is 0 Å². The summed E-state index contributed by atoms with van der Waals surface area (Å²) in [5.74, 6) is 1.53. The highest BCUT2D eigenvalue weighted by Crippen LogP contribution is 2.17. The topological polar surface area (TPSA) is 59.0 Å². The molecule has 1 unspecified atom stereocenters. The Morgan fingerprint density at radius 2 is 2.25 bits per heavy atom. The third kappa shape index (κ3) is 2.29. The minimum atomic E-state index is 0.0611. The van der Waals surface area contributed by atoms with Gasteiger partial charge in [0.15, 0.2) is 0 Å². The number of amides is 1. The summed E-state index contributed by atoms with van der Waals surface area (Å²) in [6, 6.07) is 8.00. The van der Waals surface area contributed by atoms with E-state index in [-0.39, 0.29) is 11.8 Å². The highest BCUT2D eigenvalue weighted by molar-refractivity contribution is 5.79. The summed E-state index contributed by atoms with van der Waals surface area (Å²) in [4.78, 5) is 16.7. The van der Waals surface area contributed by atoms with Gasteiger partial charge in [0.05, 0.1) is 17.6 Å². The quantitative estimate of drug-likeness (QED) is 0.874. The number of para-hydroxylation sites is 2. The molecule has 0 radical (unpaired) electrons. The smallest absolute Gasteiger partial charge is 0.223 e. The van der Waals surface area contributed by atoms with Crippen LogP contribution in [0.25, 0.3) is 11.0 Å². The molecular weight excluding hydrogens is 252 g/mol. The number of rotatable bonds is 4. The van der Waals surface area contributed by atoms with Crippen LogP contribution in [0.5, 0.6) is 0 Å². The number of imidazole rings is 1. The lowest BCUT2D eigenvalue weighted by Gasteiger charge is -2.31. The molecule has 0 spiro atoms. The number of hydrogen-bond acceptors (Lipinski definition) is 3. The third-order valence-corrected chi connectivity index (χ3v) is 4.23. The van der Waals surface area contributed by atoms with Gasteiger partial charge in [-0.3, -0.25) is 4.79 Å². The Morgan fingerprint density at radius 1 is 1.50 bits per heavy atom. The Hall–Kier alpha value is -1.88. The van der Waals surface area contributed by atoms with E-state index in [1.807, 2.05) is 42.8 Å². The standard InChI is InChI=1S/C15H20N4O/c1-10(11-7-16-8-11)15(20)17-9-14-18-12-5-3-4-6-13(12)19(14)2/h3-6,10-11,16H,7-9H2,1-2H3,(H,17,20). The Labute approximate surface area is 118 Å². The molecule has 5 nitrogen and oxygen atoms in total. The summed E-state index contributed by atoms with van der Waals surface area (Å²) in [6.45, 7) is 4.37. The van der Waals surface area contributed by atoms with Crippen molar-refractivity contribution < 1.29 is 4.79 Å². The van der Waals surface area contributed by atoms with Gasteiger partial charge in [-0.15, -0.1) is 0 Å². The molecule has 5 heteroatoms. The van der Waals surface area contributed by atoms with Gasteiger partial charge in [-0.1, -0.05) is 19.1 Å². The Morgan fingerprint density at radius 3 is 2.90 bits per heavy atom. The monoisotopic (exact) mass is 272 g/mol. The number of nitrogens with one attached hydrogen (secondary N) is 2. The zero-order valence-electron chi connectivity index (χ0n) is 11.9. The second-order valence-corrected chi connectivity index (χ2v) is 5.50. The molecule has 1 aromatic carbocycles. The number of carbonyl (C=O) groups excluding carboxylic acids is 1. The third-order valence-electron chi connectivity index (χ3n) is 4.23. The average molecular weight is 272 g/mol. The number of fused-ring (bicyclic) bond motifs is 1. The highest BCUT2D eigenvalue weighted by atomic mass is 16.1. The first-order valence-corrected chi connectivity index (χ1v) is 7.05. The zero-order chi connectivity index (χ0) is 14.1. The van der Waals surface area contributed by atoms with Crippen LogP contribution in [0.3, 0.4) is 0 Å². The molecule has 1 fully saturated rings. The van der Waals surface area contributed by atoms with Crippen molar-refractivity contribution in [3.8, 4) is 0 Å². The van der Waals surface area contributed by atoms with E-state index in [4.69, 9.17) is 0 Å². The Bertz CT molecular complexity index is 630. The van der Waals surface area contributed by atoms with Gasteiger partial charge in [-0.25, -0.2) is 4.98 Å². The maximum Gasteiger partial charge on any atom is 0.223 e. The second-order valence-electron chi connectivity index (χ2n) is 5.50. The van der Waals surface area contributed by atoms with Crippen molar-refractivity contribution in [2.75, 3.05) is 13.1 Å². The Kier molecular flexibility index (Phi) is 3.44. The van der Waals surface area contributed by atoms with Crippen molar-refractivity contribution in [1.29, 1.82) is 0 Å². The lowest BCUT2D eigenvalue weighted by molar-refractivity contribution is -0.126. The second kappa shape index (κ2) is 5.25. The number of aryl methyl sites for hydroxylation is 1. The number of hydrogen-bond donors (Lipinski definition) is 2. The minimum Gasteiger partial charge on any atom is -0.349 e. The summed E-state index contributed by atoms with van der Waals surface area (Å²) in [7, 11) is 1.98. The van der Waals surface area contributed by atoms with Crippen LogP contribution in [0.2, 0.25) is 0 Å². The fourth-order valence-corrected chi connectivity index (χ4v) is 2.56. The number of carbonyl (C=O) groups is 1. The molecule has 1 aliphatic rings. The Balaban J connectivity index is 1.67. The van der Waals surface area contributed by atoms with Gasteiger partial charge in [-0.05, 0) is 31.1 Å². The fourth-order valence-electron chi connectivity index (χ4n) is 2.56. The van der Waals surface area contributed by atoms with Gasteiger partial charge in [-0.2, -0.15) is 0 Å². The molecule has 1 aromatic heterocycles. The first kappa shape index (κ1) is 13.1. The van der Waals surface area contributed by atoms with Gasteiger partial charge in [0.2, 0.25) is 5.91 Å². The number of benzene rings is 1. The van der Waals surface area contributed by atoms with Crippen LogP contribution >= 0.6 is 0 Å². The number of aromatic nitrogens is 2. The van der Waals surface area contributed by atoms with Crippen LogP contribution in [0, 0.1) is 11.8 Å². The van der Waals surface area contributed by atoms with E-state index in [2.05, 4.69) is 15.6 Å². The van der Waals surface area contributed by atoms with Crippen LogP contribution in [0.1, 0.15) is 12.7 Å². The SMILES string of the molecule is CC(C(=O)NCc1nc2ccccc2n1C)C1CNC1. The van der Waals surface area contributed by atoms with E-state index >= 15 is 0 Å². The van der Waals surface area contributed by atoms with E-state index in [1.54, 1.807) is 0 Å². The molecule has 1 aliphatic heterocycles. The molecule has 0 bridgehead atoms. The van der Waals surface area contributed by atoms with Crippen molar-refractivity contribution in [3.63, 3.8) is 0 Å². The van der Waals surface area contributed by atoms with Crippen molar-refractivity contribution in [1.82, 2.24) is 20.2 Å². The summed E-state index contributed by atoms with van der Waals surface area (Å²) < 4.78 is 2.03. The largest absolute Gasteiger partial charge is 0.349 e. The molecule has 2 heterocycles. The van der Waals surface area contributed by atoms with Gasteiger partial charge in [0.25, 0.3) is 0 Å². The molecule has 20 heavy (non-hydrogen) atoms. The van der Waals surface area contributed by atoms with Crippen LogP contribution < -0.4 is 10.6 Å². The van der Waals surface area contributed by atoms with Crippen molar-refractivity contribution in [2.24, 2.45) is 18.9 Å². The van der Waals surface area contributed by atoms with E-state index in [1.165, 1.54) is 0 Å². The molecule has 2 N–H and O–H groups in total. The lowest BCUT2D eigenvalue weighted by Crippen LogP contribution is -2.49. The lowest BCUT2D eigenvalue weighted by atomic mass is 9.88. The maximum atomic E-state index is 12.1. The predicted molar refractivity (Wildman–Crippen MR) is 78.1 cm³/mol. The van der Waals surface area contributed by atoms with Crippen molar-refractivity contribution in [2.45, 2.75) is 13.5 Å². The fraction of sp³-hybridized carbons (Fsp3) is 0.467. The van der Waals surface area contributed by atoms with E-state index < -0.39 is 0 Å². The van der Waals surface area contributed by atoms with Gasteiger partial charge in [0, 0.05) is 13.0 Å². The van der Waals surface area contributed by atoms with Crippen molar-refractivity contribution >= 4 is 16.9 Å². The summed E-state index contributed by atoms with van der Waals surface area (Å²) >= 11 is 0. The first-order chi connectivity index (χ1) is 9.66. The molecule has 0 saturated carbocycles. The highest BCUT2D eigenvalue weighted by Gasteiger charge is 2.28. The zero-order valence-corrected chi connectivity index (χ0v) is 11.9. The van der Waals surface area contributed by atoms with Crippen LogP contribution in [-0.4, -0.2) is 28.5 Å². The molecule has 1 amide bonds. The van der Waals surface area contributed by atoms with Crippen LogP contribution in [-0.2, 0) is 18.4 Å². The maximum absolute atomic E-state index is 12.1. The molecule has 3 rings (SSSR count). The van der Waals surface area contributed by atoms with Gasteiger partial charge < -0.3 is 15.2 Å². The van der Waals surface area contributed by atoms with E-state index in [0.29, 0.717) is 12.5 Å². The van der Waals surface area contributed by atoms with E-state index in [9.17, 15) is 4.79 Å². The normalized spacial score (nSPS) is 16.9. The van der Waals surface area contributed by atoms with E-state index in [0.717, 1.165) is 29.9 Å². The minimum absolute atomic E-state index is 0.0611. The number of nitrogens with zero attached hydrogens (tertiary/aromatic N) is 2. The summed E-state index contributed by atoms with van der Waals surface area (Å²) in [6.07, 6.45) is 0. The predicted octanol–water partition coefficient (Wildman–Crippen LogP) is 1.04. The molecule has 106 valence electrons. The van der Waals surface area contributed by atoms with Gasteiger partial charge in [0.1, 0.15) is 5.82 Å². The first-order valence-electron chi connectivity index (χ1n) is 7.05. The molecule has 2 aromatic rings. The van der Waals surface area contributed by atoms with Gasteiger partial charge >= 0.3 is 0 Å². The molecule has 1 saturated heterocycles. The molecular formula is C15H20N4O. The summed E-state index contributed by atoms with van der Waals surface area (Å²) in [5.41, 5.74) is 2.06. The average Bonchev–Trinajstić information content (AvgIpc) is 2.71. The summed E-state index contributed by atoms with van der Waals surface area (Å²) in [5, 5.41) is 6.20. The molecule has 1 atom stereocenters. The van der Waals surface area contributed by atoms with Crippen LogP contribution in [0.15, 0.2) is 24.3 Å². The molecule has 0 aliphatic carbocycles. The van der Waals surface area contributed by atoms with Crippen molar-refractivity contribution in [3.05, 3.63) is 30.1 Å².